The summed E-state index contributed by atoms with van der Waals surface area (Å²) in [6.07, 6.45) is 4.08. The molecule has 0 heterocycles. The molecule has 2 aromatic rings. The first kappa shape index (κ1) is 14.2. The van der Waals surface area contributed by atoms with Crippen LogP contribution >= 0.6 is 0 Å². The fourth-order valence-corrected chi connectivity index (χ4v) is 3.55. The van der Waals surface area contributed by atoms with E-state index in [-0.39, 0.29) is 0 Å². The van der Waals surface area contributed by atoms with E-state index >= 15 is 0 Å². The van der Waals surface area contributed by atoms with Gasteiger partial charge in [-0.2, -0.15) is 0 Å². The minimum atomic E-state index is 0.612. The molecular formula is C20H25N. The maximum absolute atomic E-state index is 3.76. The first-order valence-electron chi connectivity index (χ1n) is 8.16. The number of benzene rings is 2. The average molecular weight is 279 g/mol. The summed E-state index contributed by atoms with van der Waals surface area (Å²) >= 11 is 0. The van der Waals surface area contributed by atoms with Crippen LogP contribution in [-0.4, -0.2) is 6.04 Å². The molecule has 0 aromatic heterocycles. The smallest absolute Gasteiger partial charge is 0.0342 e. The van der Waals surface area contributed by atoms with Gasteiger partial charge in [0.2, 0.25) is 0 Å². The van der Waals surface area contributed by atoms with Crippen molar-refractivity contribution in [1.82, 2.24) is 0 Å². The molecule has 1 aliphatic rings. The lowest BCUT2D eigenvalue weighted by Gasteiger charge is -2.36. The Hall–Kier alpha value is -1.76. The number of anilines is 1. The molecule has 0 spiro atoms. The van der Waals surface area contributed by atoms with Crippen molar-refractivity contribution < 1.29 is 0 Å². The van der Waals surface area contributed by atoms with Crippen LogP contribution in [0, 0.1) is 11.8 Å². The van der Waals surface area contributed by atoms with Gasteiger partial charge in [0, 0.05) is 11.7 Å². The number of hydrogen-bond donors (Lipinski definition) is 1. The predicted octanol–water partition coefficient (Wildman–Crippen LogP) is 5.59. The highest BCUT2D eigenvalue weighted by atomic mass is 14.9. The maximum atomic E-state index is 3.76. The largest absolute Gasteiger partial charge is 0.382 e. The second kappa shape index (κ2) is 6.34. The zero-order valence-electron chi connectivity index (χ0n) is 13.0. The van der Waals surface area contributed by atoms with Gasteiger partial charge in [0.25, 0.3) is 0 Å². The van der Waals surface area contributed by atoms with Gasteiger partial charge in [0.15, 0.2) is 0 Å². The number of hydrogen-bond acceptors (Lipinski definition) is 1. The van der Waals surface area contributed by atoms with Crippen molar-refractivity contribution in [3.8, 4) is 11.1 Å². The molecule has 2 atom stereocenters. The third kappa shape index (κ3) is 3.29. The molecule has 0 radical (unpaired) electrons. The Morgan fingerprint density at radius 1 is 0.762 bits per heavy atom. The van der Waals surface area contributed by atoms with Crippen LogP contribution < -0.4 is 5.32 Å². The van der Waals surface area contributed by atoms with E-state index in [1.165, 1.54) is 36.1 Å². The first-order valence-corrected chi connectivity index (χ1v) is 8.16. The van der Waals surface area contributed by atoms with Gasteiger partial charge in [-0.05, 0) is 47.9 Å². The predicted molar refractivity (Wildman–Crippen MR) is 91.5 cm³/mol. The van der Waals surface area contributed by atoms with E-state index in [1.54, 1.807) is 0 Å². The molecular weight excluding hydrogens is 254 g/mol. The van der Waals surface area contributed by atoms with Crippen LogP contribution in [0.1, 0.15) is 33.1 Å². The second-order valence-corrected chi connectivity index (χ2v) is 6.50. The van der Waals surface area contributed by atoms with E-state index in [0.29, 0.717) is 6.04 Å². The Balaban J connectivity index is 1.72. The SMILES string of the molecule is CC1CCCC(C)C1Nc1ccc(-c2ccccc2)cc1. The van der Waals surface area contributed by atoms with E-state index in [1.807, 2.05) is 0 Å². The van der Waals surface area contributed by atoms with Crippen LogP contribution in [0.25, 0.3) is 11.1 Å². The van der Waals surface area contributed by atoms with E-state index in [2.05, 4.69) is 73.8 Å². The molecule has 1 aliphatic carbocycles. The van der Waals surface area contributed by atoms with Crippen molar-refractivity contribution in [2.45, 2.75) is 39.2 Å². The zero-order valence-corrected chi connectivity index (χ0v) is 13.0. The number of nitrogens with one attached hydrogen (secondary N) is 1. The zero-order chi connectivity index (χ0) is 14.7. The Bertz CT molecular complexity index is 548. The molecule has 2 unspecified atom stereocenters. The molecule has 0 aliphatic heterocycles. The molecule has 110 valence electrons. The third-order valence-corrected chi connectivity index (χ3v) is 4.87. The van der Waals surface area contributed by atoms with Gasteiger partial charge in [-0.15, -0.1) is 0 Å². The van der Waals surface area contributed by atoms with Crippen LogP contribution in [0.5, 0.6) is 0 Å². The van der Waals surface area contributed by atoms with Crippen LogP contribution in [0.15, 0.2) is 54.6 Å². The van der Waals surface area contributed by atoms with Crippen molar-refractivity contribution in [3.63, 3.8) is 0 Å². The van der Waals surface area contributed by atoms with Crippen molar-refractivity contribution in [1.29, 1.82) is 0 Å². The van der Waals surface area contributed by atoms with Gasteiger partial charge in [0.05, 0.1) is 0 Å². The summed E-state index contributed by atoms with van der Waals surface area (Å²) in [5, 5.41) is 3.76. The van der Waals surface area contributed by atoms with Crippen molar-refractivity contribution >= 4 is 5.69 Å². The molecule has 1 N–H and O–H groups in total. The first-order chi connectivity index (χ1) is 10.2. The lowest BCUT2D eigenvalue weighted by Crippen LogP contribution is -2.36. The van der Waals surface area contributed by atoms with Crippen molar-refractivity contribution in [3.05, 3.63) is 54.6 Å². The van der Waals surface area contributed by atoms with Gasteiger partial charge in [-0.1, -0.05) is 62.7 Å². The molecule has 1 heteroatoms. The van der Waals surface area contributed by atoms with Gasteiger partial charge < -0.3 is 5.32 Å². The van der Waals surface area contributed by atoms with Gasteiger partial charge >= 0.3 is 0 Å². The maximum Gasteiger partial charge on any atom is 0.0342 e. The van der Waals surface area contributed by atoms with Gasteiger partial charge in [0.1, 0.15) is 0 Å². The Labute approximate surface area is 128 Å². The van der Waals surface area contributed by atoms with Crippen LogP contribution in [0.2, 0.25) is 0 Å². The molecule has 1 nitrogen and oxygen atoms in total. The fourth-order valence-electron chi connectivity index (χ4n) is 3.55. The minimum Gasteiger partial charge on any atom is -0.382 e. The average Bonchev–Trinajstić information content (AvgIpc) is 2.53. The summed E-state index contributed by atoms with van der Waals surface area (Å²) < 4.78 is 0. The summed E-state index contributed by atoms with van der Waals surface area (Å²) in [7, 11) is 0. The standard InChI is InChI=1S/C20H25N/c1-15-7-6-8-16(2)20(15)21-19-13-11-18(12-14-19)17-9-4-3-5-10-17/h3-5,9-16,20-21H,6-8H2,1-2H3. The summed E-state index contributed by atoms with van der Waals surface area (Å²) in [5.74, 6) is 1.53. The highest BCUT2D eigenvalue weighted by Gasteiger charge is 2.27. The summed E-state index contributed by atoms with van der Waals surface area (Å²) in [4.78, 5) is 0. The van der Waals surface area contributed by atoms with E-state index in [9.17, 15) is 0 Å². The van der Waals surface area contributed by atoms with Crippen LogP contribution in [0.3, 0.4) is 0 Å². The third-order valence-electron chi connectivity index (χ3n) is 4.87. The van der Waals surface area contributed by atoms with Crippen molar-refractivity contribution in [2.75, 3.05) is 5.32 Å². The Kier molecular flexibility index (Phi) is 4.28. The topological polar surface area (TPSA) is 12.0 Å². The fraction of sp³-hybridized carbons (Fsp3) is 0.400. The molecule has 1 saturated carbocycles. The lowest BCUT2D eigenvalue weighted by molar-refractivity contribution is 0.268. The Morgan fingerprint density at radius 2 is 1.33 bits per heavy atom. The van der Waals surface area contributed by atoms with E-state index in [0.717, 1.165) is 11.8 Å². The van der Waals surface area contributed by atoms with E-state index < -0.39 is 0 Å². The second-order valence-electron chi connectivity index (χ2n) is 6.50. The summed E-state index contributed by atoms with van der Waals surface area (Å²) in [6.45, 7) is 4.76. The van der Waals surface area contributed by atoms with Crippen LogP contribution in [0.4, 0.5) is 5.69 Å². The molecule has 0 saturated heterocycles. The van der Waals surface area contributed by atoms with E-state index in [4.69, 9.17) is 0 Å². The normalized spacial score (nSPS) is 25.5. The highest BCUT2D eigenvalue weighted by molar-refractivity contribution is 5.65. The minimum absolute atomic E-state index is 0.612. The van der Waals surface area contributed by atoms with Gasteiger partial charge in [-0.3, -0.25) is 0 Å². The molecule has 0 amide bonds. The molecule has 21 heavy (non-hydrogen) atoms. The number of rotatable bonds is 3. The van der Waals surface area contributed by atoms with Gasteiger partial charge in [-0.25, -0.2) is 0 Å². The van der Waals surface area contributed by atoms with Crippen LogP contribution in [-0.2, 0) is 0 Å². The monoisotopic (exact) mass is 279 g/mol. The summed E-state index contributed by atoms with van der Waals surface area (Å²) in [5.41, 5.74) is 3.81. The Morgan fingerprint density at radius 3 is 1.95 bits per heavy atom. The molecule has 2 aromatic carbocycles. The van der Waals surface area contributed by atoms with Crippen molar-refractivity contribution in [2.24, 2.45) is 11.8 Å². The lowest BCUT2D eigenvalue weighted by atomic mass is 9.78. The quantitative estimate of drug-likeness (QED) is 0.772. The highest BCUT2D eigenvalue weighted by Crippen LogP contribution is 2.31. The molecule has 1 fully saturated rings. The molecule has 3 rings (SSSR count). The summed E-state index contributed by atoms with van der Waals surface area (Å²) in [6, 6.07) is 20.0. The molecule has 0 bridgehead atoms.